The van der Waals surface area contributed by atoms with E-state index in [1.54, 1.807) is 6.07 Å². The zero-order valence-corrected chi connectivity index (χ0v) is 28.0. The van der Waals surface area contributed by atoms with E-state index in [1.807, 2.05) is 73.2 Å². The molecule has 1 saturated heterocycles. The lowest BCUT2D eigenvalue weighted by molar-refractivity contribution is -0.135. The second-order valence-electron chi connectivity index (χ2n) is 13.4. The molecule has 0 bridgehead atoms. The third kappa shape index (κ3) is 6.83. The lowest BCUT2D eigenvalue weighted by Crippen LogP contribution is -2.53. The number of anilines is 2. The highest BCUT2D eigenvalue weighted by Crippen LogP contribution is 2.44. The number of hydrogen-bond donors (Lipinski definition) is 1. The number of carbonyl (C=O) groups excluding carboxylic acids is 2. The fourth-order valence-electron chi connectivity index (χ4n) is 7.32. The van der Waals surface area contributed by atoms with E-state index in [4.69, 9.17) is 16.3 Å². The van der Waals surface area contributed by atoms with Gasteiger partial charge in [-0.2, -0.15) is 0 Å². The number of likely N-dealkylation sites (N-methyl/N-ethyl adjacent to an activating group) is 1. The first-order chi connectivity index (χ1) is 22.1. The number of ether oxygens (including phenoxy) is 1. The van der Waals surface area contributed by atoms with Gasteiger partial charge in [-0.3, -0.25) is 14.5 Å². The number of rotatable bonds is 8. The van der Waals surface area contributed by atoms with Crippen molar-refractivity contribution in [1.29, 1.82) is 0 Å². The van der Waals surface area contributed by atoms with E-state index < -0.39 is 6.04 Å². The van der Waals surface area contributed by atoms with Crippen LogP contribution in [0.5, 0.6) is 11.5 Å². The van der Waals surface area contributed by atoms with Gasteiger partial charge in [0.25, 0.3) is 0 Å². The van der Waals surface area contributed by atoms with Crippen molar-refractivity contribution in [1.82, 2.24) is 9.80 Å². The van der Waals surface area contributed by atoms with Gasteiger partial charge in [0.05, 0.1) is 25.1 Å². The highest BCUT2D eigenvalue weighted by atomic mass is 35.5. The summed E-state index contributed by atoms with van der Waals surface area (Å²) >= 11 is 6.25. The molecular formula is C37H45ClN4O4. The fourth-order valence-corrected chi connectivity index (χ4v) is 7.45. The predicted molar refractivity (Wildman–Crippen MR) is 183 cm³/mol. The van der Waals surface area contributed by atoms with Gasteiger partial charge in [0, 0.05) is 56.2 Å². The molecule has 1 N–H and O–H groups in total. The van der Waals surface area contributed by atoms with E-state index in [1.165, 1.54) is 0 Å². The number of amides is 2. The lowest BCUT2D eigenvalue weighted by atomic mass is 9.84. The molecule has 8 nitrogen and oxygen atoms in total. The predicted octanol–water partition coefficient (Wildman–Crippen LogP) is 6.28. The lowest BCUT2D eigenvalue weighted by Gasteiger charge is -2.41. The Labute approximate surface area is 277 Å². The first kappa shape index (κ1) is 32.2. The van der Waals surface area contributed by atoms with Gasteiger partial charge in [-0.15, -0.1) is 0 Å². The summed E-state index contributed by atoms with van der Waals surface area (Å²) in [5.74, 6) is 1.25. The van der Waals surface area contributed by atoms with Gasteiger partial charge >= 0.3 is 0 Å². The number of phenols is 1. The van der Waals surface area contributed by atoms with Crippen molar-refractivity contribution in [2.45, 2.75) is 64.1 Å². The fraction of sp³-hybridized carbons (Fsp3) is 0.459. The van der Waals surface area contributed by atoms with Crippen LogP contribution >= 0.6 is 11.6 Å². The van der Waals surface area contributed by atoms with Crippen LogP contribution in [0.25, 0.3) is 0 Å². The Morgan fingerprint density at radius 2 is 1.65 bits per heavy atom. The molecule has 0 unspecified atom stereocenters. The molecule has 3 aromatic carbocycles. The molecule has 3 aromatic rings. The van der Waals surface area contributed by atoms with E-state index >= 15 is 0 Å². The van der Waals surface area contributed by atoms with Crippen LogP contribution in [-0.2, 0) is 16.0 Å². The van der Waals surface area contributed by atoms with Crippen molar-refractivity contribution >= 4 is 34.8 Å². The number of piperazine rings is 1. The summed E-state index contributed by atoms with van der Waals surface area (Å²) in [5.41, 5.74) is 4.57. The minimum absolute atomic E-state index is 0.0377. The van der Waals surface area contributed by atoms with Crippen LogP contribution < -0.4 is 14.5 Å². The summed E-state index contributed by atoms with van der Waals surface area (Å²) in [6.07, 6.45) is 4.68. The maximum Gasteiger partial charge on any atom is 0.236 e. The van der Waals surface area contributed by atoms with Crippen LogP contribution in [0.1, 0.15) is 62.3 Å². The van der Waals surface area contributed by atoms with Crippen molar-refractivity contribution < 1.29 is 19.4 Å². The molecule has 9 heteroatoms. The quantitative estimate of drug-likeness (QED) is 0.311. The Morgan fingerprint density at radius 3 is 2.30 bits per heavy atom. The van der Waals surface area contributed by atoms with E-state index in [0.717, 1.165) is 73.4 Å². The molecule has 0 spiro atoms. The average Bonchev–Trinajstić information content (AvgIpc) is 3.03. The molecule has 6 rings (SSSR count). The summed E-state index contributed by atoms with van der Waals surface area (Å²) < 4.78 is 5.93. The highest BCUT2D eigenvalue weighted by Gasteiger charge is 2.36. The van der Waals surface area contributed by atoms with Crippen LogP contribution in [0.3, 0.4) is 0 Å². The van der Waals surface area contributed by atoms with Gasteiger partial charge in [-0.25, -0.2) is 0 Å². The van der Waals surface area contributed by atoms with E-state index in [0.29, 0.717) is 29.3 Å². The Bertz CT molecular complexity index is 1550. The Morgan fingerprint density at radius 1 is 0.957 bits per heavy atom. The zero-order chi connectivity index (χ0) is 32.5. The monoisotopic (exact) mass is 644 g/mol. The second-order valence-corrected chi connectivity index (χ2v) is 13.9. The number of benzene rings is 3. The number of fused-ring (bicyclic) bond motifs is 1. The van der Waals surface area contributed by atoms with Crippen molar-refractivity contribution in [2.75, 3.05) is 50.1 Å². The summed E-state index contributed by atoms with van der Waals surface area (Å²) in [4.78, 5) is 34.4. The topological polar surface area (TPSA) is 76.6 Å². The van der Waals surface area contributed by atoms with Crippen molar-refractivity contribution in [3.8, 4) is 11.5 Å². The van der Waals surface area contributed by atoms with Gasteiger partial charge in [0.2, 0.25) is 11.8 Å². The SMILES string of the molecule is CC(C)Oc1cc2c(cc1O)CC(=O)N(c1ccc(N(C)C[C@H]3CC[C@H](N4CCN(C)C(=O)C4)CC3)cc1)[C@H]2c1ccc(Cl)cc1. The smallest absolute Gasteiger partial charge is 0.236 e. The molecular weight excluding hydrogens is 600 g/mol. The largest absolute Gasteiger partial charge is 0.504 e. The number of hydrogen-bond acceptors (Lipinski definition) is 6. The molecule has 3 aliphatic rings. The molecule has 1 atom stereocenters. The molecule has 244 valence electrons. The second kappa shape index (κ2) is 13.5. The summed E-state index contributed by atoms with van der Waals surface area (Å²) in [7, 11) is 4.04. The van der Waals surface area contributed by atoms with Crippen molar-refractivity contribution in [3.63, 3.8) is 0 Å². The maximum absolute atomic E-state index is 13.8. The Balaban J connectivity index is 1.18. The molecule has 1 aliphatic carbocycles. The summed E-state index contributed by atoms with van der Waals surface area (Å²) in [6.45, 7) is 7.17. The highest BCUT2D eigenvalue weighted by molar-refractivity contribution is 6.30. The van der Waals surface area contributed by atoms with Crippen LogP contribution in [0.15, 0.2) is 60.7 Å². The third-order valence-corrected chi connectivity index (χ3v) is 10.1. The molecule has 0 radical (unpaired) electrons. The minimum atomic E-state index is -0.405. The van der Waals surface area contributed by atoms with E-state index in [-0.39, 0.29) is 30.1 Å². The molecule has 2 fully saturated rings. The number of aromatic hydroxyl groups is 1. The van der Waals surface area contributed by atoms with Crippen LogP contribution in [0.4, 0.5) is 11.4 Å². The molecule has 2 aliphatic heterocycles. The molecule has 1 saturated carbocycles. The van der Waals surface area contributed by atoms with Crippen molar-refractivity contribution in [3.05, 3.63) is 82.4 Å². The number of phenolic OH excluding ortho intramolecular Hbond substituents is 1. The van der Waals surface area contributed by atoms with Gasteiger partial charge in [0.15, 0.2) is 11.5 Å². The minimum Gasteiger partial charge on any atom is -0.504 e. The van der Waals surface area contributed by atoms with Crippen LogP contribution in [-0.4, -0.2) is 79.1 Å². The molecule has 0 aromatic heterocycles. The van der Waals surface area contributed by atoms with Gasteiger partial charge in [0.1, 0.15) is 0 Å². The van der Waals surface area contributed by atoms with E-state index in [2.05, 4.69) is 29.0 Å². The summed E-state index contributed by atoms with van der Waals surface area (Å²) in [6, 6.07) is 19.5. The van der Waals surface area contributed by atoms with E-state index in [9.17, 15) is 14.7 Å². The number of halogens is 1. The maximum atomic E-state index is 13.8. The van der Waals surface area contributed by atoms with Gasteiger partial charge < -0.3 is 24.5 Å². The normalized spacial score (nSPS) is 22.3. The summed E-state index contributed by atoms with van der Waals surface area (Å²) in [5, 5.41) is 11.3. The average molecular weight is 645 g/mol. The molecule has 2 heterocycles. The number of carbonyl (C=O) groups is 2. The first-order valence-corrected chi connectivity index (χ1v) is 16.8. The Hall–Kier alpha value is -3.75. The zero-order valence-electron chi connectivity index (χ0n) is 27.3. The van der Waals surface area contributed by atoms with Crippen LogP contribution in [0, 0.1) is 5.92 Å². The molecule has 2 amide bonds. The first-order valence-electron chi connectivity index (χ1n) is 16.5. The van der Waals surface area contributed by atoms with Gasteiger partial charge in [-0.05, 0) is 111 Å². The third-order valence-electron chi connectivity index (χ3n) is 9.85. The van der Waals surface area contributed by atoms with Crippen molar-refractivity contribution in [2.24, 2.45) is 5.92 Å². The Kier molecular flexibility index (Phi) is 9.48. The van der Waals surface area contributed by atoms with Crippen LogP contribution in [0.2, 0.25) is 5.02 Å². The number of nitrogens with zero attached hydrogens (tertiary/aromatic N) is 4. The molecule has 46 heavy (non-hydrogen) atoms. The standard InChI is InChI=1S/C37H45ClN4O4/c1-24(2)46-34-21-32-27(19-33(34)43)20-35(44)42(37(32)26-7-9-28(38)10-8-26)31-15-13-29(14-16-31)40(4)22-25-5-11-30(12-6-25)41-18-17-39(3)36(45)23-41/h7-10,13-16,19,21,24-25,30,37,43H,5-6,11-12,17-18,20,22-23H2,1-4H3/t25-,30-,37-/m0/s1. The van der Waals surface area contributed by atoms with Gasteiger partial charge in [-0.1, -0.05) is 23.7 Å².